The number of thiophene rings is 1. The average molecular weight is 226 g/mol. The van der Waals surface area contributed by atoms with Gasteiger partial charge in [0.15, 0.2) is 0 Å². The Morgan fingerprint density at radius 1 is 1.36 bits per heavy atom. The zero-order valence-corrected chi connectivity index (χ0v) is 8.77. The van der Waals surface area contributed by atoms with Gasteiger partial charge in [-0.05, 0) is 23.8 Å². The number of hydrogen-bond acceptors (Lipinski definition) is 3. The molecule has 0 aliphatic heterocycles. The zero-order valence-electron chi connectivity index (χ0n) is 7.20. The number of aromatic hydroxyl groups is 1. The van der Waals surface area contributed by atoms with Gasteiger partial charge in [-0.3, -0.25) is 0 Å². The molecule has 0 spiro atoms. The van der Waals surface area contributed by atoms with Crippen molar-refractivity contribution >= 4 is 28.6 Å². The molecule has 14 heavy (non-hydrogen) atoms. The van der Waals surface area contributed by atoms with Crippen LogP contribution in [0.15, 0.2) is 29.6 Å². The topological polar surface area (TPSA) is 46.2 Å². The molecule has 0 unspecified atom stereocenters. The average Bonchev–Trinajstić information content (AvgIpc) is 2.51. The third kappa shape index (κ3) is 1.56. The molecule has 0 aliphatic carbocycles. The van der Waals surface area contributed by atoms with E-state index in [9.17, 15) is 5.11 Å². The van der Waals surface area contributed by atoms with Gasteiger partial charge in [0.25, 0.3) is 0 Å². The fourth-order valence-corrected chi connectivity index (χ4v) is 2.18. The van der Waals surface area contributed by atoms with Gasteiger partial charge in [-0.1, -0.05) is 17.7 Å². The number of nitrogens with two attached hydrogens (primary N) is 1. The van der Waals surface area contributed by atoms with E-state index < -0.39 is 0 Å². The number of benzene rings is 1. The summed E-state index contributed by atoms with van der Waals surface area (Å²) in [4.78, 5) is 0. The largest absolute Gasteiger partial charge is 0.507 e. The Kier molecular flexibility index (Phi) is 2.35. The van der Waals surface area contributed by atoms with E-state index in [2.05, 4.69) is 0 Å². The van der Waals surface area contributed by atoms with Crippen molar-refractivity contribution in [1.82, 2.24) is 0 Å². The second-order valence-electron chi connectivity index (χ2n) is 2.88. The SMILES string of the molecule is Nc1cccc(O)c1-c1csc(Cl)c1. The number of halogens is 1. The Labute approximate surface area is 90.6 Å². The van der Waals surface area contributed by atoms with Gasteiger partial charge >= 0.3 is 0 Å². The molecule has 2 nitrogen and oxygen atoms in total. The van der Waals surface area contributed by atoms with Crippen molar-refractivity contribution in [2.45, 2.75) is 0 Å². The molecule has 0 fully saturated rings. The van der Waals surface area contributed by atoms with Crippen molar-refractivity contribution in [2.24, 2.45) is 0 Å². The second-order valence-corrected chi connectivity index (χ2v) is 4.42. The maximum absolute atomic E-state index is 9.64. The highest BCUT2D eigenvalue weighted by Gasteiger charge is 2.09. The van der Waals surface area contributed by atoms with Gasteiger partial charge < -0.3 is 10.8 Å². The van der Waals surface area contributed by atoms with E-state index in [-0.39, 0.29) is 5.75 Å². The van der Waals surface area contributed by atoms with Crippen LogP contribution in [0.1, 0.15) is 0 Å². The van der Waals surface area contributed by atoms with Crippen molar-refractivity contribution in [3.05, 3.63) is 34.0 Å². The van der Waals surface area contributed by atoms with E-state index in [1.54, 1.807) is 24.3 Å². The molecule has 0 bridgehead atoms. The minimum Gasteiger partial charge on any atom is -0.507 e. The Morgan fingerprint density at radius 3 is 2.71 bits per heavy atom. The normalized spacial score (nSPS) is 10.4. The van der Waals surface area contributed by atoms with Gasteiger partial charge in [0.1, 0.15) is 5.75 Å². The molecule has 2 aromatic rings. The number of anilines is 1. The van der Waals surface area contributed by atoms with Crippen LogP contribution in [0.2, 0.25) is 4.34 Å². The maximum atomic E-state index is 9.64. The van der Waals surface area contributed by atoms with Crippen molar-refractivity contribution < 1.29 is 5.11 Å². The first-order valence-corrected chi connectivity index (χ1v) is 5.26. The van der Waals surface area contributed by atoms with E-state index >= 15 is 0 Å². The second kappa shape index (κ2) is 3.52. The molecule has 4 heteroatoms. The predicted molar refractivity (Wildman–Crippen MR) is 60.8 cm³/mol. The summed E-state index contributed by atoms with van der Waals surface area (Å²) in [5.74, 6) is 0.180. The maximum Gasteiger partial charge on any atom is 0.125 e. The molecular formula is C10H8ClNOS. The molecule has 0 saturated carbocycles. The molecular weight excluding hydrogens is 218 g/mol. The Morgan fingerprint density at radius 2 is 2.14 bits per heavy atom. The van der Waals surface area contributed by atoms with Crippen LogP contribution in [-0.4, -0.2) is 5.11 Å². The molecule has 0 saturated heterocycles. The third-order valence-electron chi connectivity index (χ3n) is 1.93. The van der Waals surface area contributed by atoms with E-state index in [0.717, 1.165) is 5.56 Å². The molecule has 2 rings (SSSR count). The van der Waals surface area contributed by atoms with E-state index in [1.807, 2.05) is 5.38 Å². The lowest BCUT2D eigenvalue weighted by atomic mass is 10.1. The number of hydrogen-bond donors (Lipinski definition) is 2. The van der Waals surface area contributed by atoms with E-state index in [1.165, 1.54) is 11.3 Å². The molecule has 3 N–H and O–H groups in total. The van der Waals surface area contributed by atoms with E-state index in [0.29, 0.717) is 15.6 Å². The van der Waals surface area contributed by atoms with Gasteiger partial charge in [-0.25, -0.2) is 0 Å². The number of phenolic OH excluding ortho intramolecular Hbond substituents is 1. The lowest BCUT2D eigenvalue weighted by molar-refractivity contribution is 0.477. The van der Waals surface area contributed by atoms with Crippen molar-refractivity contribution in [3.63, 3.8) is 0 Å². The molecule has 0 aliphatic rings. The van der Waals surface area contributed by atoms with Gasteiger partial charge in [0.2, 0.25) is 0 Å². The minimum absolute atomic E-state index is 0.180. The molecule has 1 aromatic carbocycles. The first kappa shape index (κ1) is 9.37. The van der Waals surface area contributed by atoms with Crippen LogP contribution in [0.4, 0.5) is 5.69 Å². The first-order valence-electron chi connectivity index (χ1n) is 4.00. The highest BCUT2D eigenvalue weighted by Crippen LogP contribution is 2.37. The number of phenols is 1. The third-order valence-corrected chi connectivity index (χ3v) is 3.02. The summed E-state index contributed by atoms with van der Waals surface area (Å²) in [5.41, 5.74) is 7.83. The van der Waals surface area contributed by atoms with E-state index in [4.69, 9.17) is 17.3 Å². The summed E-state index contributed by atoms with van der Waals surface area (Å²) in [6.07, 6.45) is 0. The lowest BCUT2D eigenvalue weighted by Crippen LogP contribution is -1.88. The van der Waals surface area contributed by atoms with Crippen LogP contribution >= 0.6 is 22.9 Å². The summed E-state index contributed by atoms with van der Waals surface area (Å²) >= 11 is 7.23. The Balaban J connectivity index is 2.61. The van der Waals surface area contributed by atoms with Crippen LogP contribution in [0.5, 0.6) is 5.75 Å². The van der Waals surface area contributed by atoms with Gasteiger partial charge in [0, 0.05) is 16.6 Å². The monoisotopic (exact) mass is 225 g/mol. The highest BCUT2D eigenvalue weighted by molar-refractivity contribution is 7.14. The zero-order chi connectivity index (χ0) is 10.1. The van der Waals surface area contributed by atoms with Gasteiger partial charge in [0.05, 0.1) is 4.34 Å². The summed E-state index contributed by atoms with van der Waals surface area (Å²) in [6, 6.07) is 6.86. The van der Waals surface area contributed by atoms with Crippen LogP contribution in [0, 0.1) is 0 Å². The molecule has 1 heterocycles. The van der Waals surface area contributed by atoms with Crippen molar-refractivity contribution in [3.8, 4) is 16.9 Å². The highest BCUT2D eigenvalue weighted by atomic mass is 35.5. The standard InChI is InChI=1S/C10H8ClNOS/c11-9-4-6(5-14-9)10-7(12)2-1-3-8(10)13/h1-5,13H,12H2. The smallest absolute Gasteiger partial charge is 0.125 e. The summed E-state index contributed by atoms with van der Waals surface area (Å²) in [7, 11) is 0. The van der Waals surface area contributed by atoms with Gasteiger partial charge in [-0.15, -0.1) is 11.3 Å². The quantitative estimate of drug-likeness (QED) is 0.731. The summed E-state index contributed by atoms with van der Waals surface area (Å²) in [5, 5.41) is 11.5. The Hall–Kier alpha value is -1.19. The predicted octanol–water partition coefficient (Wildman–Crippen LogP) is 3.36. The Bertz CT molecular complexity index is 447. The molecule has 1 aromatic heterocycles. The number of rotatable bonds is 1. The lowest BCUT2D eigenvalue weighted by Gasteiger charge is -2.05. The minimum atomic E-state index is 0.180. The van der Waals surface area contributed by atoms with Crippen molar-refractivity contribution in [1.29, 1.82) is 0 Å². The first-order chi connectivity index (χ1) is 6.68. The van der Waals surface area contributed by atoms with Crippen LogP contribution in [0.25, 0.3) is 11.1 Å². The van der Waals surface area contributed by atoms with Crippen LogP contribution in [-0.2, 0) is 0 Å². The summed E-state index contributed by atoms with van der Waals surface area (Å²) in [6.45, 7) is 0. The van der Waals surface area contributed by atoms with Crippen molar-refractivity contribution in [2.75, 3.05) is 5.73 Å². The fourth-order valence-electron chi connectivity index (χ4n) is 1.31. The summed E-state index contributed by atoms with van der Waals surface area (Å²) < 4.78 is 0.683. The molecule has 0 radical (unpaired) electrons. The van der Waals surface area contributed by atoms with Crippen LogP contribution in [0.3, 0.4) is 0 Å². The molecule has 0 atom stereocenters. The van der Waals surface area contributed by atoms with Crippen LogP contribution < -0.4 is 5.73 Å². The molecule has 72 valence electrons. The van der Waals surface area contributed by atoms with Gasteiger partial charge in [-0.2, -0.15) is 0 Å². The fraction of sp³-hybridized carbons (Fsp3) is 0. The molecule has 0 amide bonds. The number of nitrogen functional groups attached to an aromatic ring is 1.